The van der Waals surface area contributed by atoms with Gasteiger partial charge in [0.2, 0.25) is 5.91 Å². The fourth-order valence-corrected chi connectivity index (χ4v) is 2.78. The maximum Gasteiger partial charge on any atom is 0.243 e. The van der Waals surface area contributed by atoms with Crippen molar-refractivity contribution in [1.29, 1.82) is 0 Å². The van der Waals surface area contributed by atoms with Gasteiger partial charge in [0.25, 0.3) is 0 Å². The third kappa shape index (κ3) is 2.93. The number of aryl methyl sites for hydroxylation is 1. The van der Waals surface area contributed by atoms with Gasteiger partial charge in [-0.25, -0.2) is 0 Å². The van der Waals surface area contributed by atoms with Crippen LogP contribution in [0, 0.1) is 6.92 Å². The minimum absolute atomic E-state index is 0.103. The lowest BCUT2D eigenvalue weighted by Crippen LogP contribution is -2.47. The molecule has 1 heterocycles. The molecule has 0 saturated carbocycles. The molecule has 4 heteroatoms. The number of benzene rings is 1. The Morgan fingerprint density at radius 1 is 1.39 bits per heavy atom. The number of carbonyl (C=O) groups excluding carboxylic acids is 1. The fourth-order valence-electron chi connectivity index (χ4n) is 2.31. The van der Waals surface area contributed by atoms with Crippen LogP contribution in [0.1, 0.15) is 25.3 Å². The number of nitrogens with one attached hydrogen (secondary N) is 1. The zero-order valence-electron chi connectivity index (χ0n) is 10.9. The number of anilines is 1. The molecule has 0 radical (unpaired) electrons. The van der Waals surface area contributed by atoms with Crippen molar-refractivity contribution in [2.75, 3.05) is 18.0 Å². The SMILES string of the molecule is Cc1cc(Br)ccc1N1CCCCNC(C)C1=O. The predicted molar refractivity (Wildman–Crippen MR) is 77.9 cm³/mol. The monoisotopic (exact) mass is 310 g/mol. The molecule has 1 atom stereocenters. The van der Waals surface area contributed by atoms with Crippen LogP contribution in [0.15, 0.2) is 22.7 Å². The lowest BCUT2D eigenvalue weighted by molar-refractivity contribution is -0.120. The Morgan fingerprint density at radius 2 is 2.17 bits per heavy atom. The Morgan fingerprint density at radius 3 is 2.89 bits per heavy atom. The molecule has 0 bridgehead atoms. The summed E-state index contributed by atoms with van der Waals surface area (Å²) in [5, 5.41) is 3.26. The topological polar surface area (TPSA) is 32.3 Å². The normalized spacial score (nSPS) is 21.6. The Hall–Kier alpha value is -0.870. The molecule has 98 valence electrons. The summed E-state index contributed by atoms with van der Waals surface area (Å²) in [5.41, 5.74) is 2.16. The third-order valence-electron chi connectivity index (χ3n) is 3.35. The van der Waals surface area contributed by atoms with Crippen LogP contribution in [0.5, 0.6) is 0 Å². The standard InChI is InChI=1S/C14H19BrN2O/c1-10-9-12(15)5-6-13(10)17-8-4-3-7-16-11(2)14(17)18/h5-6,9,11,16H,3-4,7-8H2,1-2H3. The van der Waals surface area contributed by atoms with Gasteiger partial charge in [-0.1, -0.05) is 15.9 Å². The Bertz CT molecular complexity index is 447. The van der Waals surface area contributed by atoms with E-state index < -0.39 is 0 Å². The molecule has 0 spiro atoms. The molecule has 0 aromatic heterocycles. The number of hydrogen-bond donors (Lipinski definition) is 1. The minimum atomic E-state index is -0.103. The van der Waals surface area contributed by atoms with Gasteiger partial charge >= 0.3 is 0 Å². The van der Waals surface area contributed by atoms with E-state index in [1.807, 2.05) is 30.9 Å². The molecule has 1 N–H and O–H groups in total. The molecule has 1 aliphatic rings. The van der Waals surface area contributed by atoms with E-state index in [1.165, 1.54) is 0 Å². The van der Waals surface area contributed by atoms with Gasteiger partial charge in [-0.05, 0) is 57.0 Å². The van der Waals surface area contributed by atoms with E-state index in [0.717, 1.165) is 41.7 Å². The molecular formula is C14H19BrN2O. The van der Waals surface area contributed by atoms with E-state index in [2.05, 4.69) is 27.3 Å². The largest absolute Gasteiger partial charge is 0.311 e. The van der Waals surface area contributed by atoms with Crippen LogP contribution in [0.4, 0.5) is 5.69 Å². The first-order chi connectivity index (χ1) is 8.59. The Balaban J connectivity index is 2.30. The quantitative estimate of drug-likeness (QED) is 0.865. The molecule has 3 nitrogen and oxygen atoms in total. The molecule has 1 amide bonds. The fraction of sp³-hybridized carbons (Fsp3) is 0.500. The highest BCUT2D eigenvalue weighted by Crippen LogP contribution is 2.25. The number of carbonyl (C=O) groups is 1. The maximum absolute atomic E-state index is 12.4. The lowest BCUT2D eigenvalue weighted by atomic mass is 10.1. The van der Waals surface area contributed by atoms with Gasteiger partial charge in [0, 0.05) is 16.7 Å². The van der Waals surface area contributed by atoms with Gasteiger partial charge in [0.1, 0.15) is 0 Å². The van der Waals surface area contributed by atoms with Crippen LogP contribution in [0.2, 0.25) is 0 Å². The molecule has 2 rings (SSSR count). The summed E-state index contributed by atoms with van der Waals surface area (Å²) in [5.74, 6) is 0.167. The number of hydrogen-bond acceptors (Lipinski definition) is 2. The molecule has 1 saturated heterocycles. The molecule has 1 aliphatic heterocycles. The van der Waals surface area contributed by atoms with Crippen molar-refractivity contribution in [3.05, 3.63) is 28.2 Å². The minimum Gasteiger partial charge on any atom is -0.311 e. The van der Waals surface area contributed by atoms with Crippen molar-refractivity contribution in [3.63, 3.8) is 0 Å². The van der Waals surface area contributed by atoms with Crippen molar-refractivity contribution in [2.45, 2.75) is 32.7 Å². The summed E-state index contributed by atoms with van der Waals surface area (Å²) >= 11 is 3.46. The van der Waals surface area contributed by atoms with Crippen LogP contribution in [-0.4, -0.2) is 25.0 Å². The summed E-state index contributed by atoms with van der Waals surface area (Å²) in [6.45, 7) is 5.73. The Labute approximate surface area is 117 Å². The van der Waals surface area contributed by atoms with Crippen molar-refractivity contribution in [1.82, 2.24) is 5.32 Å². The molecule has 1 unspecified atom stereocenters. The maximum atomic E-state index is 12.4. The third-order valence-corrected chi connectivity index (χ3v) is 3.84. The predicted octanol–water partition coefficient (Wildman–Crippen LogP) is 2.86. The van der Waals surface area contributed by atoms with E-state index >= 15 is 0 Å². The average molecular weight is 311 g/mol. The van der Waals surface area contributed by atoms with Gasteiger partial charge in [0.15, 0.2) is 0 Å². The van der Waals surface area contributed by atoms with Crippen LogP contribution < -0.4 is 10.2 Å². The first-order valence-electron chi connectivity index (χ1n) is 6.40. The van der Waals surface area contributed by atoms with Gasteiger partial charge in [-0.2, -0.15) is 0 Å². The summed E-state index contributed by atoms with van der Waals surface area (Å²) in [6, 6.07) is 5.96. The Kier molecular flexibility index (Phi) is 4.40. The number of halogens is 1. The first kappa shape index (κ1) is 13.6. The summed E-state index contributed by atoms with van der Waals surface area (Å²) < 4.78 is 1.05. The molecule has 0 aliphatic carbocycles. The van der Waals surface area contributed by atoms with Gasteiger partial charge < -0.3 is 10.2 Å². The second-order valence-electron chi connectivity index (χ2n) is 4.80. The summed E-state index contributed by atoms with van der Waals surface area (Å²) in [4.78, 5) is 14.3. The van der Waals surface area contributed by atoms with E-state index in [4.69, 9.17) is 0 Å². The number of nitrogens with zero attached hydrogens (tertiary/aromatic N) is 1. The van der Waals surface area contributed by atoms with Gasteiger partial charge in [0.05, 0.1) is 6.04 Å². The molecule has 18 heavy (non-hydrogen) atoms. The van der Waals surface area contributed by atoms with Crippen LogP contribution >= 0.6 is 15.9 Å². The summed E-state index contributed by atoms with van der Waals surface area (Å²) in [7, 11) is 0. The average Bonchev–Trinajstić information content (AvgIpc) is 2.32. The van der Waals surface area contributed by atoms with Gasteiger partial charge in [-0.3, -0.25) is 4.79 Å². The van der Waals surface area contributed by atoms with Gasteiger partial charge in [-0.15, -0.1) is 0 Å². The highest BCUT2D eigenvalue weighted by Gasteiger charge is 2.24. The summed E-state index contributed by atoms with van der Waals surface area (Å²) in [6.07, 6.45) is 2.16. The van der Waals surface area contributed by atoms with E-state index in [-0.39, 0.29) is 11.9 Å². The molecule has 1 aromatic carbocycles. The van der Waals surface area contributed by atoms with Crippen molar-refractivity contribution < 1.29 is 4.79 Å². The highest BCUT2D eigenvalue weighted by molar-refractivity contribution is 9.10. The lowest BCUT2D eigenvalue weighted by Gasteiger charge is -2.30. The molecule has 1 fully saturated rings. The van der Waals surface area contributed by atoms with E-state index in [0.29, 0.717) is 0 Å². The number of rotatable bonds is 1. The second kappa shape index (κ2) is 5.85. The van der Waals surface area contributed by atoms with Crippen molar-refractivity contribution >= 4 is 27.5 Å². The second-order valence-corrected chi connectivity index (χ2v) is 5.72. The molecule has 1 aromatic rings. The van der Waals surface area contributed by atoms with Crippen LogP contribution in [0.3, 0.4) is 0 Å². The van der Waals surface area contributed by atoms with Crippen molar-refractivity contribution in [3.8, 4) is 0 Å². The highest BCUT2D eigenvalue weighted by atomic mass is 79.9. The first-order valence-corrected chi connectivity index (χ1v) is 7.20. The molecular weight excluding hydrogens is 292 g/mol. The van der Waals surface area contributed by atoms with Crippen LogP contribution in [0.25, 0.3) is 0 Å². The van der Waals surface area contributed by atoms with E-state index in [9.17, 15) is 4.79 Å². The smallest absolute Gasteiger partial charge is 0.243 e. The van der Waals surface area contributed by atoms with Crippen molar-refractivity contribution in [2.24, 2.45) is 0 Å². The van der Waals surface area contributed by atoms with Crippen LogP contribution in [-0.2, 0) is 4.79 Å². The zero-order chi connectivity index (χ0) is 13.1. The van der Waals surface area contributed by atoms with E-state index in [1.54, 1.807) is 0 Å². The number of amides is 1. The zero-order valence-corrected chi connectivity index (χ0v) is 12.5.